The van der Waals surface area contributed by atoms with Gasteiger partial charge >= 0.3 is 0 Å². The Morgan fingerprint density at radius 2 is 1.65 bits per heavy atom. The fraction of sp³-hybridized carbons (Fsp3) is 0.462. The monoisotopic (exact) mass is 424 g/mol. The highest BCUT2D eigenvalue weighted by molar-refractivity contribution is 5.88. The van der Waals surface area contributed by atoms with Gasteiger partial charge in [0.1, 0.15) is 11.8 Å². The van der Waals surface area contributed by atoms with Crippen molar-refractivity contribution in [3.05, 3.63) is 64.7 Å². The van der Waals surface area contributed by atoms with Crippen LogP contribution >= 0.6 is 0 Å². The molecule has 0 saturated heterocycles. The molecular formula is C26H36N2O3. The molecule has 0 saturated carbocycles. The van der Waals surface area contributed by atoms with Gasteiger partial charge in [0.15, 0.2) is 6.61 Å². The normalized spacial score (nSPS) is 12.7. The summed E-state index contributed by atoms with van der Waals surface area (Å²) >= 11 is 0. The van der Waals surface area contributed by atoms with Gasteiger partial charge in [-0.3, -0.25) is 9.59 Å². The average molecular weight is 425 g/mol. The summed E-state index contributed by atoms with van der Waals surface area (Å²) in [5.74, 6) is 0.342. The number of rotatable bonds is 10. The molecule has 0 radical (unpaired) electrons. The number of nitrogens with zero attached hydrogens (tertiary/aromatic N) is 1. The Bertz CT molecular complexity index is 874. The molecule has 2 atom stereocenters. The van der Waals surface area contributed by atoms with E-state index in [4.69, 9.17) is 4.74 Å². The van der Waals surface area contributed by atoms with Gasteiger partial charge in [-0.1, -0.05) is 49.7 Å². The first-order valence-corrected chi connectivity index (χ1v) is 11.1. The molecule has 1 N–H and O–H groups in total. The summed E-state index contributed by atoms with van der Waals surface area (Å²) in [6.07, 6.45) is 1.37. The molecule has 2 aromatic carbocycles. The average Bonchev–Trinajstić information content (AvgIpc) is 2.71. The van der Waals surface area contributed by atoms with Crippen LogP contribution in [0, 0.1) is 20.8 Å². The van der Waals surface area contributed by atoms with E-state index < -0.39 is 6.04 Å². The second kappa shape index (κ2) is 11.5. The van der Waals surface area contributed by atoms with Gasteiger partial charge in [-0.05, 0) is 69.4 Å². The topological polar surface area (TPSA) is 58.6 Å². The lowest BCUT2D eigenvalue weighted by atomic mass is 10.1. The third-order valence-electron chi connectivity index (χ3n) is 5.38. The number of hydrogen-bond donors (Lipinski definition) is 1. The lowest BCUT2D eigenvalue weighted by Crippen LogP contribution is -2.51. The Morgan fingerprint density at radius 3 is 2.23 bits per heavy atom. The lowest BCUT2D eigenvalue weighted by Gasteiger charge is -2.31. The summed E-state index contributed by atoms with van der Waals surface area (Å²) in [5.41, 5.74) is 4.28. The first-order chi connectivity index (χ1) is 14.7. The van der Waals surface area contributed by atoms with E-state index in [1.165, 1.54) is 0 Å². The van der Waals surface area contributed by atoms with Crippen molar-refractivity contribution in [1.82, 2.24) is 10.2 Å². The Kier molecular flexibility index (Phi) is 9.10. The number of ether oxygens (including phenoxy) is 1. The van der Waals surface area contributed by atoms with Gasteiger partial charge in [0.2, 0.25) is 5.91 Å². The van der Waals surface area contributed by atoms with Crippen LogP contribution in [0.4, 0.5) is 0 Å². The molecule has 2 aromatic rings. The van der Waals surface area contributed by atoms with E-state index in [2.05, 4.69) is 11.4 Å². The SMILES string of the molecule is CC[C@@H](C)NC(=O)[C@H](CC)N(Cc1cccc(C)c1)C(=O)COc1cc(C)cc(C)c1. The fourth-order valence-electron chi connectivity index (χ4n) is 3.61. The third kappa shape index (κ3) is 7.42. The van der Waals surface area contributed by atoms with Crippen LogP contribution in [0.1, 0.15) is 55.9 Å². The van der Waals surface area contributed by atoms with Crippen molar-refractivity contribution in [3.63, 3.8) is 0 Å². The summed E-state index contributed by atoms with van der Waals surface area (Å²) < 4.78 is 5.83. The summed E-state index contributed by atoms with van der Waals surface area (Å²) in [5, 5.41) is 3.03. The van der Waals surface area contributed by atoms with Crippen LogP contribution in [0.3, 0.4) is 0 Å². The van der Waals surface area contributed by atoms with Crippen molar-refractivity contribution in [2.24, 2.45) is 0 Å². The van der Waals surface area contributed by atoms with Crippen LogP contribution in [0.2, 0.25) is 0 Å². The second-order valence-electron chi connectivity index (χ2n) is 8.36. The van der Waals surface area contributed by atoms with E-state index >= 15 is 0 Å². The highest BCUT2D eigenvalue weighted by Gasteiger charge is 2.29. The first-order valence-electron chi connectivity index (χ1n) is 11.1. The van der Waals surface area contributed by atoms with Crippen molar-refractivity contribution < 1.29 is 14.3 Å². The lowest BCUT2D eigenvalue weighted by molar-refractivity contribution is -0.143. The molecule has 5 nitrogen and oxygen atoms in total. The second-order valence-corrected chi connectivity index (χ2v) is 8.36. The van der Waals surface area contributed by atoms with E-state index in [-0.39, 0.29) is 24.5 Å². The van der Waals surface area contributed by atoms with E-state index in [1.807, 2.05) is 77.9 Å². The van der Waals surface area contributed by atoms with Crippen LogP contribution in [0.25, 0.3) is 0 Å². The predicted molar refractivity (Wildman–Crippen MR) is 125 cm³/mol. The van der Waals surface area contributed by atoms with Crippen molar-refractivity contribution >= 4 is 11.8 Å². The molecule has 0 spiro atoms. The van der Waals surface area contributed by atoms with Crippen LogP contribution in [-0.4, -0.2) is 35.4 Å². The molecule has 31 heavy (non-hydrogen) atoms. The van der Waals surface area contributed by atoms with E-state index in [9.17, 15) is 9.59 Å². The number of benzene rings is 2. The summed E-state index contributed by atoms with van der Waals surface area (Å²) in [7, 11) is 0. The first kappa shape index (κ1) is 24.4. The maximum atomic E-state index is 13.3. The molecule has 2 amide bonds. The molecule has 0 fully saturated rings. The molecule has 0 bridgehead atoms. The maximum Gasteiger partial charge on any atom is 0.261 e. The summed E-state index contributed by atoms with van der Waals surface area (Å²) in [6.45, 7) is 12.2. The number of amides is 2. The summed E-state index contributed by atoms with van der Waals surface area (Å²) in [4.78, 5) is 27.9. The van der Waals surface area contributed by atoms with Gasteiger partial charge < -0.3 is 15.0 Å². The number of hydrogen-bond acceptors (Lipinski definition) is 3. The molecule has 5 heteroatoms. The van der Waals surface area contributed by atoms with Gasteiger partial charge in [0.25, 0.3) is 5.91 Å². The Hall–Kier alpha value is -2.82. The van der Waals surface area contributed by atoms with Crippen molar-refractivity contribution in [2.75, 3.05) is 6.61 Å². The molecule has 0 aromatic heterocycles. The zero-order chi connectivity index (χ0) is 23.0. The van der Waals surface area contributed by atoms with Gasteiger partial charge in [0, 0.05) is 12.6 Å². The summed E-state index contributed by atoms with van der Waals surface area (Å²) in [6, 6.07) is 13.4. The zero-order valence-electron chi connectivity index (χ0n) is 19.7. The molecular weight excluding hydrogens is 388 g/mol. The van der Waals surface area contributed by atoms with Gasteiger partial charge in [-0.2, -0.15) is 0 Å². The highest BCUT2D eigenvalue weighted by atomic mass is 16.5. The van der Waals surface area contributed by atoms with Crippen molar-refractivity contribution in [2.45, 2.75) is 73.0 Å². The quantitative estimate of drug-likeness (QED) is 0.601. The maximum absolute atomic E-state index is 13.3. The van der Waals surface area contributed by atoms with Gasteiger partial charge in [-0.25, -0.2) is 0 Å². The van der Waals surface area contributed by atoms with Crippen LogP contribution in [0.15, 0.2) is 42.5 Å². The third-order valence-corrected chi connectivity index (χ3v) is 5.38. The molecule has 2 rings (SSSR count). The fourth-order valence-corrected chi connectivity index (χ4v) is 3.61. The zero-order valence-corrected chi connectivity index (χ0v) is 19.7. The minimum Gasteiger partial charge on any atom is -0.484 e. The Labute approximate surface area is 186 Å². The molecule has 0 heterocycles. The van der Waals surface area contributed by atoms with Crippen LogP contribution < -0.4 is 10.1 Å². The number of aryl methyl sites for hydroxylation is 3. The van der Waals surface area contributed by atoms with Gasteiger partial charge in [-0.15, -0.1) is 0 Å². The van der Waals surface area contributed by atoms with Gasteiger partial charge in [0.05, 0.1) is 0 Å². The molecule has 0 aliphatic rings. The predicted octanol–water partition coefficient (Wildman–Crippen LogP) is 4.71. The van der Waals surface area contributed by atoms with E-state index in [0.29, 0.717) is 18.7 Å². The van der Waals surface area contributed by atoms with Crippen LogP contribution in [0.5, 0.6) is 5.75 Å². The Morgan fingerprint density at radius 1 is 0.968 bits per heavy atom. The van der Waals surface area contributed by atoms with Crippen LogP contribution in [-0.2, 0) is 16.1 Å². The number of carbonyl (C=O) groups excluding carboxylic acids is 2. The van der Waals surface area contributed by atoms with Crippen molar-refractivity contribution in [1.29, 1.82) is 0 Å². The standard InChI is InChI=1S/C26H36N2O3/c1-7-21(6)27-26(30)24(8-2)28(16-22-11-9-10-18(3)13-22)25(29)17-31-23-14-19(4)12-20(5)15-23/h9-15,21,24H,7-8,16-17H2,1-6H3,(H,27,30)/t21-,24+/m1/s1. The number of carbonyl (C=O) groups is 2. The molecule has 168 valence electrons. The van der Waals surface area contributed by atoms with E-state index in [1.54, 1.807) is 4.90 Å². The highest BCUT2D eigenvalue weighted by Crippen LogP contribution is 2.18. The van der Waals surface area contributed by atoms with E-state index in [0.717, 1.165) is 28.7 Å². The molecule has 0 aliphatic carbocycles. The smallest absolute Gasteiger partial charge is 0.261 e. The minimum absolute atomic E-state index is 0.0593. The molecule has 0 aliphatic heterocycles. The Balaban J connectivity index is 2.23. The number of nitrogens with one attached hydrogen (secondary N) is 1. The van der Waals surface area contributed by atoms with Crippen molar-refractivity contribution in [3.8, 4) is 5.75 Å². The minimum atomic E-state index is -0.551. The largest absolute Gasteiger partial charge is 0.484 e. The molecule has 0 unspecified atom stereocenters.